The van der Waals surface area contributed by atoms with Gasteiger partial charge in [0, 0.05) is 16.4 Å². The van der Waals surface area contributed by atoms with Gasteiger partial charge in [0.2, 0.25) is 0 Å². The molecular formula is C20H19BrF3NO. The predicted octanol–water partition coefficient (Wildman–Crippen LogP) is 5.92. The second-order valence-electron chi connectivity index (χ2n) is 6.54. The smallest absolute Gasteiger partial charge is 0.349 e. The van der Waals surface area contributed by atoms with Crippen molar-refractivity contribution in [3.63, 3.8) is 0 Å². The first-order valence-electron chi connectivity index (χ1n) is 8.59. The van der Waals surface area contributed by atoms with Gasteiger partial charge in [-0.2, -0.15) is 13.2 Å². The Bertz CT molecular complexity index is 791. The van der Waals surface area contributed by atoms with Gasteiger partial charge >= 0.3 is 6.18 Å². The van der Waals surface area contributed by atoms with Crippen LogP contribution in [0.25, 0.3) is 0 Å². The fourth-order valence-electron chi connectivity index (χ4n) is 3.63. The fourth-order valence-corrected chi connectivity index (χ4v) is 4.20. The molecule has 1 N–H and O–H groups in total. The third kappa shape index (κ3) is 4.11. The van der Waals surface area contributed by atoms with E-state index >= 15 is 0 Å². The maximum atomic E-state index is 13.2. The van der Waals surface area contributed by atoms with E-state index in [1.54, 1.807) is 0 Å². The zero-order valence-electron chi connectivity index (χ0n) is 14.0. The summed E-state index contributed by atoms with van der Waals surface area (Å²) in [5, 5.41) is 2.86. The molecular weight excluding hydrogens is 407 g/mol. The number of carbonyl (C=O) groups excluding carboxylic acids is 1. The third-order valence-corrected chi connectivity index (χ3v) is 5.59. The summed E-state index contributed by atoms with van der Waals surface area (Å²) >= 11 is 3.55. The van der Waals surface area contributed by atoms with Gasteiger partial charge in [0.25, 0.3) is 5.91 Å². The van der Waals surface area contributed by atoms with Crippen LogP contribution in [0.3, 0.4) is 0 Å². The van der Waals surface area contributed by atoms with Crippen molar-refractivity contribution in [2.45, 2.75) is 43.8 Å². The maximum absolute atomic E-state index is 13.2. The van der Waals surface area contributed by atoms with Gasteiger partial charge in [-0.15, -0.1) is 0 Å². The van der Waals surface area contributed by atoms with Gasteiger partial charge in [0.15, 0.2) is 0 Å². The van der Waals surface area contributed by atoms with E-state index in [1.165, 1.54) is 18.2 Å². The van der Waals surface area contributed by atoms with Gasteiger partial charge in [-0.3, -0.25) is 4.79 Å². The van der Waals surface area contributed by atoms with Crippen molar-refractivity contribution < 1.29 is 18.0 Å². The quantitative estimate of drug-likeness (QED) is 0.648. The molecule has 0 spiro atoms. The van der Waals surface area contributed by atoms with E-state index in [-0.39, 0.29) is 17.5 Å². The number of benzene rings is 2. The van der Waals surface area contributed by atoms with Crippen LogP contribution < -0.4 is 5.32 Å². The van der Waals surface area contributed by atoms with Gasteiger partial charge in [-0.1, -0.05) is 59.1 Å². The molecule has 2 aromatic carbocycles. The van der Waals surface area contributed by atoms with Crippen LogP contribution in [0.4, 0.5) is 13.2 Å². The molecule has 0 aliphatic heterocycles. The molecule has 0 aromatic heterocycles. The van der Waals surface area contributed by atoms with Gasteiger partial charge < -0.3 is 5.32 Å². The zero-order valence-corrected chi connectivity index (χ0v) is 15.6. The molecule has 26 heavy (non-hydrogen) atoms. The van der Waals surface area contributed by atoms with Crippen molar-refractivity contribution in [2.75, 3.05) is 0 Å². The number of halogens is 4. The van der Waals surface area contributed by atoms with E-state index in [0.717, 1.165) is 41.8 Å². The molecule has 1 amide bonds. The van der Waals surface area contributed by atoms with Crippen LogP contribution in [0.2, 0.25) is 0 Å². The van der Waals surface area contributed by atoms with Crippen LogP contribution in [-0.2, 0) is 6.18 Å². The molecule has 138 valence electrons. The van der Waals surface area contributed by atoms with Crippen molar-refractivity contribution in [1.82, 2.24) is 5.32 Å². The minimum absolute atomic E-state index is 0.0846. The molecule has 1 aliphatic rings. The SMILES string of the molecule is O=C(N[C@H]1CCCC[C@H]1c1ccccc1Br)c1ccccc1C(F)(F)F. The number of hydrogen-bond donors (Lipinski definition) is 1. The van der Waals surface area contributed by atoms with Crippen LogP contribution in [0.5, 0.6) is 0 Å². The number of amides is 1. The molecule has 1 fully saturated rings. The van der Waals surface area contributed by atoms with Crippen LogP contribution >= 0.6 is 15.9 Å². The minimum Gasteiger partial charge on any atom is -0.349 e. The summed E-state index contributed by atoms with van der Waals surface area (Å²) in [5.74, 6) is -0.580. The van der Waals surface area contributed by atoms with Crippen LogP contribution in [0.15, 0.2) is 53.0 Å². The van der Waals surface area contributed by atoms with Crippen molar-refractivity contribution >= 4 is 21.8 Å². The average molecular weight is 426 g/mol. The Morgan fingerprint density at radius 2 is 1.65 bits per heavy atom. The Hall–Kier alpha value is -1.82. The predicted molar refractivity (Wildman–Crippen MR) is 98.0 cm³/mol. The molecule has 1 aliphatic carbocycles. The lowest BCUT2D eigenvalue weighted by molar-refractivity contribution is -0.137. The number of carbonyl (C=O) groups is 1. The molecule has 0 bridgehead atoms. The Balaban J connectivity index is 1.85. The second kappa shape index (κ2) is 7.82. The highest BCUT2D eigenvalue weighted by atomic mass is 79.9. The lowest BCUT2D eigenvalue weighted by atomic mass is 9.80. The third-order valence-electron chi connectivity index (χ3n) is 4.86. The van der Waals surface area contributed by atoms with E-state index in [1.807, 2.05) is 24.3 Å². The number of nitrogens with one attached hydrogen (secondary N) is 1. The van der Waals surface area contributed by atoms with Crippen LogP contribution in [0, 0.1) is 0 Å². The fraction of sp³-hybridized carbons (Fsp3) is 0.350. The lowest BCUT2D eigenvalue weighted by Crippen LogP contribution is -2.41. The molecule has 0 unspecified atom stereocenters. The molecule has 6 heteroatoms. The van der Waals surface area contributed by atoms with E-state index < -0.39 is 17.6 Å². The number of alkyl halides is 3. The topological polar surface area (TPSA) is 29.1 Å². The van der Waals surface area contributed by atoms with Crippen molar-refractivity contribution in [2.24, 2.45) is 0 Å². The van der Waals surface area contributed by atoms with E-state index in [9.17, 15) is 18.0 Å². The summed E-state index contributed by atoms with van der Waals surface area (Å²) in [4.78, 5) is 12.6. The summed E-state index contributed by atoms with van der Waals surface area (Å²) in [6, 6.07) is 12.5. The molecule has 2 aromatic rings. The molecule has 3 rings (SSSR count). The van der Waals surface area contributed by atoms with Crippen molar-refractivity contribution in [1.29, 1.82) is 0 Å². The normalized spacial score (nSPS) is 20.6. The van der Waals surface area contributed by atoms with Gasteiger partial charge in [0.1, 0.15) is 0 Å². The molecule has 0 radical (unpaired) electrons. The van der Waals surface area contributed by atoms with E-state index in [2.05, 4.69) is 21.2 Å². The number of rotatable bonds is 3. The Morgan fingerprint density at radius 1 is 1.00 bits per heavy atom. The van der Waals surface area contributed by atoms with Crippen LogP contribution in [-0.4, -0.2) is 11.9 Å². The monoisotopic (exact) mass is 425 g/mol. The molecule has 0 saturated heterocycles. The lowest BCUT2D eigenvalue weighted by Gasteiger charge is -2.33. The first-order chi connectivity index (χ1) is 12.4. The summed E-state index contributed by atoms with van der Waals surface area (Å²) in [7, 11) is 0. The average Bonchev–Trinajstić information content (AvgIpc) is 2.62. The first kappa shape index (κ1) is 19.0. The van der Waals surface area contributed by atoms with Gasteiger partial charge in [-0.25, -0.2) is 0 Å². The van der Waals surface area contributed by atoms with E-state index in [4.69, 9.17) is 0 Å². The largest absolute Gasteiger partial charge is 0.417 e. The molecule has 2 atom stereocenters. The summed E-state index contributed by atoms with van der Waals surface area (Å²) in [6.45, 7) is 0. The van der Waals surface area contributed by atoms with Crippen molar-refractivity contribution in [3.8, 4) is 0 Å². The minimum atomic E-state index is -4.55. The second-order valence-corrected chi connectivity index (χ2v) is 7.39. The Labute approximate surface area is 158 Å². The first-order valence-corrected chi connectivity index (χ1v) is 9.38. The molecule has 2 nitrogen and oxygen atoms in total. The summed E-state index contributed by atoms with van der Waals surface area (Å²) < 4.78 is 40.5. The summed E-state index contributed by atoms with van der Waals surface area (Å²) in [6.07, 6.45) is -0.910. The van der Waals surface area contributed by atoms with Crippen LogP contribution in [0.1, 0.15) is 53.1 Å². The highest BCUT2D eigenvalue weighted by molar-refractivity contribution is 9.10. The number of hydrogen-bond acceptors (Lipinski definition) is 1. The summed E-state index contributed by atoms with van der Waals surface area (Å²) in [5.41, 5.74) is -0.135. The Kier molecular flexibility index (Phi) is 5.70. The highest BCUT2D eigenvalue weighted by Crippen LogP contribution is 2.37. The van der Waals surface area contributed by atoms with Gasteiger partial charge in [-0.05, 0) is 36.6 Å². The van der Waals surface area contributed by atoms with Crippen molar-refractivity contribution in [3.05, 3.63) is 69.7 Å². The Morgan fingerprint density at radius 3 is 2.38 bits per heavy atom. The van der Waals surface area contributed by atoms with E-state index in [0.29, 0.717) is 0 Å². The maximum Gasteiger partial charge on any atom is 0.417 e. The highest BCUT2D eigenvalue weighted by Gasteiger charge is 2.36. The zero-order chi connectivity index (χ0) is 18.7. The standard InChI is InChI=1S/C20H19BrF3NO/c21-17-11-5-2-7-13(17)14-8-3-6-12-18(14)25-19(26)15-9-1-4-10-16(15)20(22,23)24/h1-2,4-5,7,9-11,14,18H,3,6,8,12H2,(H,25,26)/t14-,18-/m0/s1. The molecule has 0 heterocycles. The van der Waals surface area contributed by atoms with Gasteiger partial charge in [0.05, 0.1) is 11.1 Å². The molecule has 1 saturated carbocycles.